The fraction of sp³-hybridized carbons (Fsp3) is 0.312. The molecule has 1 amide bonds. The van der Waals surface area contributed by atoms with Gasteiger partial charge >= 0.3 is 0 Å². The highest BCUT2D eigenvalue weighted by Crippen LogP contribution is 2.30. The van der Waals surface area contributed by atoms with Gasteiger partial charge in [-0.2, -0.15) is 0 Å². The Hall–Kier alpha value is -2.14. The molecule has 3 heterocycles. The molecule has 0 saturated carbocycles. The zero-order chi connectivity index (χ0) is 15.5. The third-order valence-corrected chi connectivity index (χ3v) is 4.18. The summed E-state index contributed by atoms with van der Waals surface area (Å²) in [6.45, 7) is 0.677. The normalized spacial score (nSPS) is 18.2. The van der Waals surface area contributed by atoms with Crippen LogP contribution >= 0.6 is 11.6 Å². The molecule has 1 atom stereocenters. The van der Waals surface area contributed by atoms with Crippen LogP contribution in [0.3, 0.4) is 0 Å². The van der Waals surface area contributed by atoms with Crippen LogP contribution in [0.15, 0.2) is 41.5 Å². The van der Waals surface area contributed by atoms with Crippen molar-refractivity contribution in [2.24, 2.45) is 0 Å². The number of hydrogen-bond acceptors (Lipinski definition) is 3. The number of nitrogens with zero attached hydrogens (tertiary/aromatic N) is 2. The fourth-order valence-corrected chi connectivity index (χ4v) is 2.97. The number of hydrogen-bond donors (Lipinski definition) is 1. The number of H-pyrrole nitrogens is 1. The smallest absolute Gasteiger partial charge is 0.266 e. The first-order valence-corrected chi connectivity index (χ1v) is 7.65. The summed E-state index contributed by atoms with van der Waals surface area (Å²) in [5.41, 5.74) is 0.900. The maximum Gasteiger partial charge on any atom is 0.266 e. The number of aromatic amines is 1. The van der Waals surface area contributed by atoms with Gasteiger partial charge in [-0.15, -0.1) is 0 Å². The largest absolute Gasteiger partial charge is 0.330 e. The molecule has 0 radical (unpaired) electrons. The van der Waals surface area contributed by atoms with E-state index in [9.17, 15) is 9.59 Å². The van der Waals surface area contributed by atoms with Gasteiger partial charge in [-0.1, -0.05) is 17.7 Å². The second-order valence-corrected chi connectivity index (χ2v) is 5.74. The SMILES string of the molecule is O=C(c1c[nH]c(=O)c(Cl)c1)N1CCCC[C@H]1c1ccccn1. The summed E-state index contributed by atoms with van der Waals surface area (Å²) >= 11 is 5.82. The summed E-state index contributed by atoms with van der Waals surface area (Å²) < 4.78 is 0. The summed E-state index contributed by atoms with van der Waals surface area (Å²) in [7, 11) is 0. The van der Waals surface area contributed by atoms with E-state index in [1.165, 1.54) is 12.3 Å². The summed E-state index contributed by atoms with van der Waals surface area (Å²) in [6.07, 6.45) is 6.08. The van der Waals surface area contributed by atoms with Crippen molar-refractivity contribution in [3.8, 4) is 0 Å². The number of pyridine rings is 2. The molecule has 0 aromatic carbocycles. The van der Waals surface area contributed by atoms with Crippen molar-refractivity contribution in [3.05, 3.63) is 63.3 Å². The first-order valence-electron chi connectivity index (χ1n) is 7.27. The molecule has 3 rings (SSSR count). The van der Waals surface area contributed by atoms with Crippen LogP contribution in [0, 0.1) is 0 Å². The van der Waals surface area contributed by atoms with E-state index in [4.69, 9.17) is 11.6 Å². The highest BCUT2D eigenvalue weighted by molar-refractivity contribution is 6.30. The molecule has 2 aromatic rings. The number of amides is 1. The van der Waals surface area contributed by atoms with E-state index in [0.717, 1.165) is 25.0 Å². The molecule has 0 bridgehead atoms. The molecular formula is C16H16ClN3O2. The van der Waals surface area contributed by atoms with Gasteiger partial charge in [-0.05, 0) is 37.5 Å². The van der Waals surface area contributed by atoms with Crippen molar-refractivity contribution in [1.82, 2.24) is 14.9 Å². The van der Waals surface area contributed by atoms with Gasteiger partial charge in [0.25, 0.3) is 11.5 Å². The number of piperidine rings is 1. The topological polar surface area (TPSA) is 66.1 Å². The Labute approximate surface area is 132 Å². The van der Waals surface area contributed by atoms with E-state index in [2.05, 4.69) is 9.97 Å². The molecule has 1 aliphatic heterocycles. The van der Waals surface area contributed by atoms with Gasteiger partial charge in [0, 0.05) is 18.9 Å². The molecule has 22 heavy (non-hydrogen) atoms. The second-order valence-electron chi connectivity index (χ2n) is 5.33. The van der Waals surface area contributed by atoms with Crippen LogP contribution in [-0.2, 0) is 0 Å². The number of carbonyl (C=O) groups is 1. The lowest BCUT2D eigenvalue weighted by molar-refractivity contribution is 0.0605. The fourth-order valence-electron chi connectivity index (χ4n) is 2.80. The van der Waals surface area contributed by atoms with Crippen molar-refractivity contribution in [3.63, 3.8) is 0 Å². The average molecular weight is 318 g/mol. The predicted molar refractivity (Wildman–Crippen MR) is 83.9 cm³/mol. The van der Waals surface area contributed by atoms with Crippen molar-refractivity contribution in [2.45, 2.75) is 25.3 Å². The first-order chi connectivity index (χ1) is 10.7. The molecule has 114 valence electrons. The average Bonchev–Trinajstić information content (AvgIpc) is 2.57. The van der Waals surface area contributed by atoms with Crippen LogP contribution in [0.25, 0.3) is 0 Å². The van der Waals surface area contributed by atoms with Crippen molar-refractivity contribution in [2.75, 3.05) is 6.54 Å². The van der Waals surface area contributed by atoms with Crippen LogP contribution in [0.1, 0.15) is 41.4 Å². The number of aromatic nitrogens is 2. The molecule has 5 nitrogen and oxygen atoms in total. The molecular weight excluding hydrogens is 302 g/mol. The summed E-state index contributed by atoms with van der Waals surface area (Å²) in [5, 5.41) is 0.0252. The summed E-state index contributed by atoms with van der Waals surface area (Å²) in [6, 6.07) is 7.12. The zero-order valence-corrected chi connectivity index (χ0v) is 12.7. The maximum atomic E-state index is 12.8. The summed E-state index contributed by atoms with van der Waals surface area (Å²) in [5.74, 6) is -0.131. The second kappa shape index (κ2) is 6.32. The summed E-state index contributed by atoms with van der Waals surface area (Å²) in [4.78, 5) is 32.8. The van der Waals surface area contributed by atoms with E-state index in [0.29, 0.717) is 12.1 Å². The van der Waals surface area contributed by atoms with Crippen LogP contribution in [-0.4, -0.2) is 27.3 Å². The molecule has 0 aliphatic carbocycles. The maximum absolute atomic E-state index is 12.8. The lowest BCUT2D eigenvalue weighted by Crippen LogP contribution is -2.39. The minimum atomic E-state index is -0.391. The number of likely N-dealkylation sites (tertiary alicyclic amines) is 1. The van der Waals surface area contributed by atoms with Crippen LogP contribution < -0.4 is 5.56 Å². The minimum Gasteiger partial charge on any atom is -0.330 e. The third kappa shape index (κ3) is 2.90. The van der Waals surface area contributed by atoms with E-state index < -0.39 is 5.56 Å². The quantitative estimate of drug-likeness (QED) is 0.926. The van der Waals surface area contributed by atoms with Gasteiger partial charge in [0.15, 0.2) is 0 Å². The molecule has 2 aromatic heterocycles. The number of nitrogens with one attached hydrogen (secondary N) is 1. The van der Waals surface area contributed by atoms with Crippen molar-refractivity contribution >= 4 is 17.5 Å². The monoisotopic (exact) mass is 317 g/mol. The lowest BCUT2D eigenvalue weighted by atomic mass is 9.98. The number of halogens is 1. The Morgan fingerprint density at radius 2 is 2.23 bits per heavy atom. The van der Waals surface area contributed by atoms with Crippen molar-refractivity contribution < 1.29 is 4.79 Å². The van der Waals surface area contributed by atoms with Gasteiger partial charge in [-0.25, -0.2) is 0 Å². The molecule has 0 unspecified atom stereocenters. The Bertz CT molecular complexity index is 730. The Morgan fingerprint density at radius 1 is 1.36 bits per heavy atom. The number of carbonyl (C=O) groups excluding carboxylic acids is 1. The van der Waals surface area contributed by atoms with Gasteiger partial charge in [0.05, 0.1) is 17.3 Å². The van der Waals surface area contributed by atoms with E-state index in [1.54, 1.807) is 6.20 Å². The van der Waals surface area contributed by atoms with E-state index >= 15 is 0 Å². The third-order valence-electron chi connectivity index (χ3n) is 3.90. The van der Waals surface area contributed by atoms with Gasteiger partial charge in [0.1, 0.15) is 5.02 Å². The van der Waals surface area contributed by atoms with Gasteiger partial charge in [0.2, 0.25) is 0 Å². The van der Waals surface area contributed by atoms with Gasteiger partial charge in [-0.3, -0.25) is 14.6 Å². The number of rotatable bonds is 2. The van der Waals surface area contributed by atoms with Gasteiger partial charge < -0.3 is 9.88 Å². The minimum absolute atomic E-state index is 0.0252. The Balaban J connectivity index is 1.91. The molecule has 1 fully saturated rings. The standard InChI is InChI=1S/C16H16ClN3O2/c17-12-9-11(10-19-15(12)21)16(22)20-8-4-2-6-14(20)13-5-1-3-7-18-13/h1,3,5,7,9-10,14H,2,4,6,8H2,(H,19,21)/t14-/m0/s1. The Kier molecular flexibility index (Phi) is 4.24. The molecule has 0 spiro atoms. The lowest BCUT2D eigenvalue weighted by Gasteiger charge is -2.35. The zero-order valence-electron chi connectivity index (χ0n) is 12.0. The molecule has 6 heteroatoms. The van der Waals surface area contributed by atoms with Crippen LogP contribution in [0.2, 0.25) is 5.02 Å². The first kappa shape index (κ1) is 14.8. The van der Waals surface area contributed by atoms with E-state index in [1.807, 2.05) is 23.1 Å². The molecule has 1 N–H and O–H groups in total. The predicted octanol–water partition coefficient (Wildman–Crippen LogP) is 2.79. The van der Waals surface area contributed by atoms with E-state index in [-0.39, 0.29) is 17.0 Å². The van der Waals surface area contributed by atoms with Crippen LogP contribution in [0.4, 0.5) is 0 Å². The highest BCUT2D eigenvalue weighted by atomic mass is 35.5. The molecule has 1 saturated heterocycles. The Morgan fingerprint density at radius 3 is 2.95 bits per heavy atom. The molecule has 1 aliphatic rings. The van der Waals surface area contributed by atoms with Crippen molar-refractivity contribution in [1.29, 1.82) is 0 Å². The van der Waals surface area contributed by atoms with Crippen LogP contribution in [0.5, 0.6) is 0 Å². The highest BCUT2D eigenvalue weighted by Gasteiger charge is 2.29.